The highest BCUT2D eigenvalue weighted by Gasteiger charge is 2.09. The molecule has 0 fully saturated rings. The van der Waals surface area contributed by atoms with E-state index in [1.165, 1.54) is 11.1 Å². The Hall–Kier alpha value is -2.85. The molecule has 0 aliphatic rings. The SMILES string of the molecule is Cc1ccc(CNc2ccc(NC(=O)c3ccccc3Cl)cn2)cc1. The Bertz CT molecular complexity index is 861. The molecule has 3 aromatic rings. The molecule has 3 rings (SSSR count). The molecule has 5 heteroatoms. The van der Waals surface area contributed by atoms with Crippen LogP contribution in [0.4, 0.5) is 11.5 Å². The quantitative estimate of drug-likeness (QED) is 0.686. The maximum Gasteiger partial charge on any atom is 0.257 e. The number of pyridine rings is 1. The zero-order valence-corrected chi connectivity index (χ0v) is 14.5. The molecule has 25 heavy (non-hydrogen) atoms. The minimum atomic E-state index is -0.257. The van der Waals surface area contributed by atoms with Gasteiger partial charge in [-0.25, -0.2) is 4.98 Å². The molecule has 2 aromatic carbocycles. The molecule has 0 aliphatic heterocycles. The summed E-state index contributed by atoms with van der Waals surface area (Å²) < 4.78 is 0. The second-order valence-corrected chi connectivity index (χ2v) is 6.11. The average Bonchev–Trinajstić information content (AvgIpc) is 2.63. The van der Waals surface area contributed by atoms with Crippen LogP contribution in [0.3, 0.4) is 0 Å². The number of hydrogen-bond acceptors (Lipinski definition) is 3. The van der Waals surface area contributed by atoms with Gasteiger partial charge in [0, 0.05) is 6.54 Å². The number of halogens is 1. The molecule has 0 unspecified atom stereocenters. The molecular weight excluding hydrogens is 334 g/mol. The molecule has 0 saturated heterocycles. The number of hydrogen-bond donors (Lipinski definition) is 2. The Morgan fingerprint density at radius 1 is 1.04 bits per heavy atom. The molecule has 0 atom stereocenters. The van der Waals surface area contributed by atoms with E-state index in [9.17, 15) is 4.79 Å². The Balaban J connectivity index is 1.59. The monoisotopic (exact) mass is 351 g/mol. The highest BCUT2D eigenvalue weighted by atomic mass is 35.5. The lowest BCUT2D eigenvalue weighted by atomic mass is 10.1. The Morgan fingerprint density at radius 3 is 2.48 bits per heavy atom. The van der Waals surface area contributed by atoms with Gasteiger partial charge in [-0.3, -0.25) is 4.79 Å². The molecule has 1 aromatic heterocycles. The molecule has 0 radical (unpaired) electrons. The first-order valence-electron chi connectivity index (χ1n) is 7.93. The standard InChI is InChI=1S/C20H18ClN3O/c1-14-6-8-15(9-7-14)12-22-19-11-10-16(13-23-19)24-20(25)17-4-2-3-5-18(17)21/h2-11,13H,12H2,1H3,(H,22,23)(H,24,25). The van der Waals surface area contributed by atoms with Crippen LogP contribution in [0.25, 0.3) is 0 Å². The fourth-order valence-electron chi connectivity index (χ4n) is 2.31. The summed E-state index contributed by atoms with van der Waals surface area (Å²) in [5.74, 6) is 0.490. The van der Waals surface area contributed by atoms with Gasteiger partial charge in [0.1, 0.15) is 5.82 Å². The summed E-state index contributed by atoms with van der Waals surface area (Å²) >= 11 is 6.03. The first-order valence-corrected chi connectivity index (χ1v) is 8.31. The highest BCUT2D eigenvalue weighted by molar-refractivity contribution is 6.34. The van der Waals surface area contributed by atoms with Crippen LogP contribution in [0.2, 0.25) is 5.02 Å². The van der Waals surface area contributed by atoms with Gasteiger partial charge in [-0.1, -0.05) is 53.6 Å². The molecule has 0 saturated carbocycles. The minimum Gasteiger partial charge on any atom is -0.366 e. The number of rotatable bonds is 5. The van der Waals surface area contributed by atoms with Crippen LogP contribution in [0.1, 0.15) is 21.5 Å². The summed E-state index contributed by atoms with van der Waals surface area (Å²) in [6.07, 6.45) is 1.62. The fourth-order valence-corrected chi connectivity index (χ4v) is 2.54. The molecule has 0 bridgehead atoms. The largest absolute Gasteiger partial charge is 0.366 e. The summed E-state index contributed by atoms with van der Waals surface area (Å²) in [5.41, 5.74) is 3.47. The van der Waals surface area contributed by atoms with Crippen LogP contribution < -0.4 is 10.6 Å². The lowest BCUT2D eigenvalue weighted by molar-refractivity contribution is 0.102. The van der Waals surface area contributed by atoms with Crippen LogP contribution in [-0.4, -0.2) is 10.9 Å². The van der Waals surface area contributed by atoms with Crippen LogP contribution in [-0.2, 0) is 6.54 Å². The summed E-state index contributed by atoms with van der Waals surface area (Å²) in [4.78, 5) is 16.5. The van der Waals surface area contributed by atoms with Crippen molar-refractivity contribution in [1.82, 2.24) is 4.98 Å². The molecule has 126 valence electrons. The molecular formula is C20H18ClN3O. The van der Waals surface area contributed by atoms with Crippen molar-refractivity contribution in [3.05, 3.63) is 88.6 Å². The van der Waals surface area contributed by atoms with Gasteiger partial charge < -0.3 is 10.6 Å². The molecule has 4 nitrogen and oxygen atoms in total. The summed E-state index contributed by atoms with van der Waals surface area (Å²) in [6.45, 7) is 2.76. The van der Waals surface area contributed by atoms with Gasteiger partial charge >= 0.3 is 0 Å². The summed E-state index contributed by atoms with van der Waals surface area (Å²) in [5, 5.41) is 6.47. The van der Waals surface area contributed by atoms with Gasteiger partial charge in [-0.2, -0.15) is 0 Å². The number of nitrogens with zero attached hydrogens (tertiary/aromatic N) is 1. The van der Waals surface area contributed by atoms with E-state index < -0.39 is 0 Å². The number of aryl methyl sites for hydroxylation is 1. The zero-order valence-electron chi connectivity index (χ0n) is 13.8. The zero-order chi connectivity index (χ0) is 17.6. The van der Waals surface area contributed by atoms with Gasteiger partial charge in [0.05, 0.1) is 22.5 Å². The maximum absolute atomic E-state index is 12.2. The van der Waals surface area contributed by atoms with Gasteiger partial charge in [-0.05, 0) is 36.8 Å². The number of amides is 1. The topological polar surface area (TPSA) is 54.0 Å². The second kappa shape index (κ2) is 7.81. The number of nitrogens with one attached hydrogen (secondary N) is 2. The van der Waals surface area contributed by atoms with Crippen molar-refractivity contribution in [2.75, 3.05) is 10.6 Å². The van der Waals surface area contributed by atoms with Crippen LogP contribution in [0.15, 0.2) is 66.9 Å². The summed E-state index contributed by atoms with van der Waals surface area (Å²) in [7, 11) is 0. The average molecular weight is 352 g/mol. The number of benzene rings is 2. The van der Waals surface area contributed by atoms with E-state index in [0.29, 0.717) is 22.8 Å². The van der Waals surface area contributed by atoms with E-state index in [4.69, 9.17) is 11.6 Å². The summed E-state index contributed by atoms with van der Waals surface area (Å²) in [6, 6.07) is 18.9. The lowest BCUT2D eigenvalue weighted by Gasteiger charge is -2.09. The Morgan fingerprint density at radius 2 is 1.80 bits per heavy atom. The van der Waals surface area contributed by atoms with E-state index in [1.54, 1.807) is 36.5 Å². The van der Waals surface area contributed by atoms with E-state index in [1.807, 2.05) is 6.07 Å². The van der Waals surface area contributed by atoms with E-state index in [-0.39, 0.29) is 5.91 Å². The van der Waals surface area contributed by atoms with Gasteiger partial charge in [-0.15, -0.1) is 0 Å². The highest BCUT2D eigenvalue weighted by Crippen LogP contribution is 2.17. The van der Waals surface area contributed by atoms with Crippen molar-refractivity contribution in [3.63, 3.8) is 0 Å². The fraction of sp³-hybridized carbons (Fsp3) is 0.100. The third-order valence-corrected chi connectivity index (χ3v) is 4.06. The number of carbonyl (C=O) groups is 1. The van der Waals surface area contributed by atoms with Crippen molar-refractivity contribution in [1.29, 1.82) is 0 Å². The van der Waals surface area contributed by atoms with Crippen LogP contribution in [0.5, 0.6) is 0 Å². The maximum atomic E-state index is 12.2. The predicted molar refractivity (Wildman–Crippen MR) is 102 cm³/mol. The van der Waals surface area contributed by atoms with E-state index in [0.717, 1.165) is 5.82 Å². The van der Waals surface area contributed by atoms with Gasteiger partial charge in [0.25, 0.3) is 5.91 Å². The number of aromatic nitrogens is 1. The van der Waals surface area contributed by atoms with Crippen molar-refractivity contribution in [2.45, 2.75) is 13.5 Å². The van der Waals surface area contributed by atoms with Crippen molar-refractivity contribution < 1.29 is 4.79 Å². The van der Waals surface area contributed by atoms with E-state index in [2.05, 4.69) is 46.8 Å². The lowest BCUT2D eigenvalue weighted by Crippen LogP contribution is -2.12. The predicted octanol–water partition coefficient (Wildman–Crippen LogP) is 4.91. The Labute approximate surface area is 151 Å². The van der Waals surface area contributed by atoms with Crippen molar-refractivity contribution >= 4 is 29.0 Å². The number of anilines is 2. The van der Waals surface area contributed by atoms with Gasteiger partial charge in [0.15, 0.2) is 0 Å². The normalized spacial score (nSPS) is 10.3. The smallest absolute Gasteiger partial charge is 0.257 e. The van der Waals surface area contributed by atoms with Gasteiger partial charge in [0.2, 0.25) is 0 Å². The molecule has 0 spiro atoms. The minimum absolute atomic E-state index is 0.257. The molecule has 0 aliphatic carbocycles. The molecule has 1 amide bonds. The van der Waals surface area contributed by atoms with E-state index >= 15 is 0 Å². The molecule has 2 N–H and O–H groups in total. The first-order chi connectivity index (χ1) is 12.1. The van der Waals surface area contributed by atoms with Crippen molar-refractivity contribution in [3.8, 4) is 0 Å². The number of carbonyl (C=O) groups excluding carboxylic acids is 1. The third-order valence-electron chi connectivity index (χ3n) is 3.73. The molecule has 1 heterocycles. The van der Waals surface area contributed by atoms with Crippen LogP contribution in [0, 0.1) is 6.92 Å². The van der Waals surface area contributed by atoms with Crippen molar-refractivity contribution in [2.24, 2.45) is 0 Å². The second-order valence-electron chi connectivity index (χ2n) is 5.71. The first kappa shape index (κ1) is 17.0. The third kappa shape index (κ3) is 4.58. The van der Waals surface area contributed by atoms with Crippen LogP contribution >= 0.6 is 11.6 Å². The Kier molecular flexibility index (Phi) is 5.31.